The third-order valence-electron chi connectivity index (χ3n) is 3.77. The third kappa shape index (κ3) is 4.04. The molecule has 116 valence electrons. The van der Waals surface area contributed by atoms with E-state index in [2.05, 4.69) is 5.32 Å². The Morgan fingerprint density at radius 3 is 2.52 bits per heavy atom. The Morgan fingerprint density at radius 1 is 1.29 bits per heavy atom. The van der Waals surface area contributed by atoms with E-state index >= 15 is 0 Å². The fourth-order valence-electron chi connectivity index (χ4n) is 2.46. The van der Waals surface area contributed by atoms with Crippen LogP contribution in [0.5, 0.6) is 0 Å². The Hall–Kier alpha value is -1.40. The van der Waals surface area contributed by atoms with Crippen molar-refractivity contribution in [2.75, 3.05) is 39.3 Å². The molecule has 1 N–H and O–H groups in total. The summed E-state index contributed by atoms with van der Waals surface area (Å²) < 4.78 is 0. The lowest BCUT2D eigenvalue weighted by Gasteiger charge is -2.36. The first kappa shape index (κ1) is 16.0. The van der Waals surface area contributed by atoms with Gasteiger partial charge in [-0.3, -0.25) is 9.59 Å². The number of carbonyl (C=O) groups is 2. The number of carbonyl (C=O) groups excluding carboxylic acids is 2. The van der Waals surface area contributed by atoms with Crippen LogP contribution < -0.4 is 5.32 Å². The molecule has 1 aliphatic rings. The van der Waals surface area contributed by atoms with E-state index in [1.165, 1.54) is 11.3 Å². The molecule has 0 aromatic carbocycles. The van der Waals surface area contributed by atoms with Crippen LogP contribution in [0.25, 0.3) is 0 Å². The van der Waals surface area contributed by atoms with E-state index in [4.69, 9.17) is 0 Å². The molecule has 1 aromatic rings. The lowest BCUT2D eigenvalue weighted by atomic mass is 10.1. The summed E-state index contributed by atoms with van der Waals surface area (Å²) in [6, 6.07) is 1.85. The summed E-state index contributed by atoms with van der Waals surface area (Å²) in [6.07, 6.45) is 0. The van der Waals surface area contributed by atoms with Gasteiger partial charge in [-0.1, -0.05) is 13.8 Å². The number of rotatable bonds is 5. The van der Waals surface area contributed by atoms with E-state index in [9.17, 15) is 9.59 Å². The lowest BCUT2D eigenvalue weighted by molar-refractivity contribution is -0.136. The first-order valence-electron chi connectivity index (χ1n) is 7.44. The second kappa shape index (κ2) is 7.56. The van der Waals surface area contributed by atoms with E-state index in [-0.39, 0.29) is 17.7 Å². The topological polar surface area (TPSA) is 52.7 Å². The van der Waals surface area contributed by atoms with Crippen LogP contribution in [-0.4, -0.2) is 60.9 Å². The van der Waals surface area contributed by atoms with Crippen molar-refractivity contribution in [3.8, 4) is 0 Å². The molecule has 0 radical (unpaired) electrons. The summed E-state index contributed by atoms with van der Waals surface area (Å²) in [5.41, 5.74) is 0.750. The van der Waals surface area contributed by atoms with Gasteiger partial charge in [0, 0.05) is 44.0 Å². The number of nitrogens with one attached hydrogen (secondary N) is 1. The first-order chi connectivity index (χ1) is 10.1. The Balaban J connectivity index is 1.83. The molecular formula is C15H23N3O2S. The monoisotopic (exact) mass is 309 g/mol. The molecule has 0 bridgehead atoms. The SMILES string of the molecule is CCNCC(C)C(=O)N1CCN(C(=O)c2ccsc2)CC1. The van der Waals surface area contributed by atoms with E-state index in [0.29, 0.717) is 32.7 Å². The molecule has 5 nitrogen and oxygen atoms in total. The van der Waals surface area contributed by atoms with Gasteiger partial charge in [-0.2, -0.15) is 11.3 Å². The predicted molar refractivity (Wildman–Crippen MR) is 84.5 cm³/mol. The highest BCUT2D eigenvalue weighted by Crippen LogP contribution is 2.13. The van der Waals surface area contributed by atoms with Crippen LogP contribution >= 0.6 is 11.3 Å². The van der Waals surface area contributed by atoms with Gasteiger partial charge in [-0.15, -0.1) is 0 Å². The molecule has 1 aromatic heterocycles. The van der Waals surface area contributed by atoms with E-state index in [1.807, 2.05) is 40.5 Å². The number of nitrogens with zero attached hydrogens (tertiary/aromatic N) is 2. The van der Waals surface area contributed by atoms with Gasteiger partial charge in [0.2, 0.25) is 5.91 Å². The average Bonchev–Trinajstić information content (AvgIpc) is 3.05. The molecule has 1 saturated heterocycles. The van der Waals surface area contributed by atoms with Crippen molar-refractivity contribution in [3.63, 3.8) is 0 Å². The quantitative estimate of drug-likeness (QED) is 0.891. The van der Waals surface area contributed by atoms with Crippen molar-refractivity contribution in [2.45, 2.75) is 13.8 Å². The number of hydrogen-bond donors (Lipinski definition) is 1. The maximum Gasteiger partial charge on any atom is 0.254 e. The van der Waals surface area contributed by atoms with Crippen LogP contribution in [0.4, 0.5) is 0 Å². The van der Waals surface area contributed by atoms with Gasteiger partial charge >= 0.3 is 0 Å². The van der Waals surface area contributed by atoms with Gasteiger partial charge < -0.3 is 15.1 Å². The number of thiophene rings is 1. The second-order valence-corrected chi connectivity index (χ2v) is 6.12. The summed E-state index contributed by atoms with van der Waals surface area (Å²) in [7, 11) is 0. The first-order valence-corrected chi connectivity index (χ1v) is 8.38. The lowest BCUT2D eigenvalue weighted by Crippen LogP contribution is -2.52. The van der Waals surface area contributed by atoms with Gasteiger partial charge in [0.25, 0.3) is 5.91 Å². The minimum absolute atomic E-state index is 0.0101. The van der Waals surface area contributed by atoms with Crippen LogP contribution in [0, 0.1) is 5.92 Å². The Bertz CT molecular complexity index is 467. The van der Waals surface area contributed by atoms with Crippen LogP contribution in [0.1, 0.15) is 24.2 Å². The largest absolute Gasteiger partial charge is 0.339 e. The highest BCUT2D eigenvalue weighted by molar-refractivity contribution is 7.08. The van der Waals surface area contributed by atoms with Gasteiger partial charge in [-0.25, -0.2) is 0 Å². The second-order valence-electron chi connectivity index (χ2n) is 5.34. The molecule has 1 unspecified atom stereocenters. The highest BCUT2D eigenvalue weighted by Gasteiger charge is 2.27. The molecule has 0 spiro atoms. The average molecular weight is 309 g/mol. The van der Waals surface area contributed by atoms with E-state index in [1.54, 1.807) is 0 Å². The van der Waals surface area contributed by atoms with Crippen molar-refractivity contribution in [1.82, 2.24) is 15.1 Å². The number of piperazine rings is 1. The summed E-state index contributed by atoms with van der Waals surface area (Å²) in [4.78, 5) is 28.2. The smallest absolute Gasteiger partial charge is 0.254 e. The van der Waals surface area contributed by atoms with Gasteiger partial charge in [0.1, 0.15) is 0 Å². The zero-order valence-corrected chi connectivity index (χ0v) is 13.5. The number of amides is 2. The van der Waals surface area contributed by atoms with Crippen molar-refractivity contribution in [3.05, 3.63) is 22.4 Å². The normalized spacial score (nSPS) is 16.9. The van der Waals surface area contributed by atoms with Crippen LogP contribution in [0.3, 0.4) is 0 Å². The minimum atomic E-state index is -0.0101. The molecule has 0 saturated carbocycles. The van der Waals surface area contributed by atoms with Crippen molar-refractivity contribution in [1.29, 1.82) is 0 Å². The fourth-order valence-corrected chi connectivity index (χ4v) is 3.09. The third-order valence-corrected chi connectivity index (χ3v) is 4.45. The summed E-state index contributed by atoms with van der Waals surface area (Å²) >= 11 is 1.53. The standard InChI is InChI=1S/C15H23N3O2S/c1-3-16-10-12(2)14(19)17-5-7-18(8-6-17)15(20)13-4-9-21-11-13/h4,9,11-12,16H,3,5-8,10H2,1-2H3. The molecule has 2 rings (SSSR count). The van der Waals surface area contributed by atoms with Crippen molar-refractivity contribution >= 4 is 23.2 Å². The fraction of sp³-hybridized carbons (Fsp3) is 0.600. The summed E-state index contributed by atoms with van der Waals surface area (Å²) in [5.74, 6) is 0.242. The maximum absolute atomic E-state index is 12.3. The van der Waals surface area contributed by atoms with Crippen LogP contribution in [0.15, 0.2) is 16.8 Å². The Labute approximate surface area is 129 Å². The Kier molecular flexibility index (Phi) is 5.76. The van der Waals surface area contributed by atoms with Gasteiger partial charge in [0.05, 0.1) is 5.56 Å². The van der Waals surface area contributed by atoms with E-state index < -0.39 is 0 Å². The van der Waals surface area contributed by atoms with Crippen molar-refractivity contribution in [2.24, 2.45) is 5.92 Å². The zero-order valence-electron chi connectivity index (χ0n) is 12.7. The molecule has 2 heterocycles. The molecular weight excluding hydrogens is 286 g/mol. The van der Waals surface area contributed by atoms with Crippen molar-refractivity contribution < 1.29 is 9.59 Å². The highest BCUT2D eigenvalue weighted by atomic mass is 32.1. The zero-order chi connectivity index (χ0) is 15.2. The van der Waals surface area contributed by atoms with E-state index in [0.717, 1.165) is 12.1 Å². The minimum Gasteiger partial charge on any atom is -0.339 e. The van der Waals surface area contributed by atoms with Crippen LogP contribution in [0.2, 0.25) is 0 Å². The van der Waals surface area contributed by atoms with Gasteiger partial charge in [0.15, 0.2) is 0 Å². The predicted octanol–water partition coefficient (Wildman–Crippen LogP) is 1.28. The maximum atomic E-state index is 12.3. The molecule has 0 aliphatic carbocycles. The summed E-state index contributed by atoms with van der Waals surface area (Å²) in [5, 5.41) is 6.99. The van der Waals surface area contributed by atoms with Crippen LogP contribution in [-0.2, 0) is 4.79 Å². The number of hydrogen-bond acceptors (Lipinski definition) is 4. The Morgan fingerprint density at radius 2 is 1.95 bits per heavy atom. The molecule has 1 atom stereocenters. The molecule has 1 aliphatic heterocycles. The summed E-state index contributed by atoms with van der Waals surface area (Å²) in [6.45, 7) is 8.07. The van der Waals surface area contributed by atoms with Gasteiger partial charge in [-0.05, 0) is 18.0 Å². The molecule has 6 heteroatoms. The molecule has 21 heavy (non-hydrogen) atoms. The molecule has 2 amide bonds. The molecule has 1 fully saturated rings.